The van der Waals surface area contributed by atoms with E-state index in [-0.39, 0.29) is 5.91 Å². The molecule has 0 spiro atoms. The van der Waals surface area contributed by atoms with E-state index in [9.17, 15) is 4.79 Å². The molecule has 0 radical (unpaired) electrons. The van der Waals surface area contributed by atoms with Crippen LogP contribution in [0.4, 0.5) is 11.4 Å². The molecular weight excluding hydrogens is 342 g/mol. The van der Waals surface area contributed by atoms with Gasteiger partial charge >= 0.3 is 0 Å². The number of carbonyl (C=O) groups excluding carboxylic acids is 1. The van der Waals surface area contributed by atoms with Crippen molar-refractivity contribution in [1.82, 2.24) is 4.98 Å². The molecule has 132 valence electrons. The summed E-state index contributed by atoms with van der Waals surface area (Å²) < 4.78 is 0. The van der Waals surface area contributed by atoms with Crippen LogP contribution < -0.4 is 10.2 Å². The summed E-state index contributed by atoms with van der Waals surface area (Å²) in [6.45, 7) is 4.14. The first-order valence-electron chi connectivity index (χ1n) is 8.88. The van der Waals surface area contributed by atoms with Gasteiger partial charge in [-0.1, -0.05) is 42.0 Å². The quantitative estimate of drug-likeness (QED) is 0.712. The second-order valence-electron chi connectivity index (χ2n) is 6.57. The van der Waals surface area contributed by atoms with Gasteiger partial charge < -0.3 is 10.2 Å². The third-order valence-electron chi connectivity index (χ3n) is 4.63. The number of anilines is 2. The Labute approximate surface area is 157 Å². The van der Waals surface area contributed by atoms with Crippen LogP contribution >= 0.6 is 11.3 Å². The molecular formula is C21H21N3OS. The average molecular weight is 363 g/mol. The van der Waals surface area contributed by atoms with Crippen LogP contribution in [0.3, 0.4) is 0 Å². The monoisotopic (exact) mass is 363 g/mol. The van der Waals surface area contributed by atoms with Crippen molar-refractivity contribution in [3.8, 4) is 10.6 Å². The molecule has 2 aromatic carbocycles. The maximum atomic E-state index is 12.7. The predicted octanol–water partition coefficient (Wildman–Crippen LogP) is 4.97. The zero-order chi connectivity index (χ0) is 17.9. The van der Waals surface area contributed by atoms with Crippen LogP contribution in [-0.4, -0.2) is 24.0 Å². The van der Waals surface area contributed by atoms with Crippen LogP contribution in [0.15, 0.2) is 53.9 Å². The Morgan fingerprint density at radius 3 is 2.58 bits per heavy atom. The summed E-state index contributed by atoms with van der Waals surface area (Å²) in [5.74, 6) is -0.161. The number of thiazole rings is 1. The Morgan fingerprint density at radius 1 is 1.08 bits per heavy atom. The van der Waals surface area contributed by atoms with Crippen LogP contribution in [-0.2, 0) is 0 Å². The first-order valence-corrected chi connectivity index (χ1v) is 9.76. The van der Waals surface area contributed by atoms with E-state index in [1.807, 2.05) is 35.7 Å². The molecule has 1 aliphatic rings. The predicted molar refractivity (Wildman–Crippen MR) is 108 cm³/mol. The van der Waals surface area contributed by atoms with E-state index in [0.29, 0.717) is 5.69 Å². The highest BCUT2D eigenvalue weighted by Crippen LogP contribution is 2.30. The third kappa shape index (κ3) is 3.48. The molecule has 2 heterocycles. The number of nitrogens with zero attached hydrogens (tertiary/aromatic N) is 2. The minimum Gasteiger partial charge on any atom is -0.370 e. The maximum absolute atomic E-state index is 12.7. The van der Waals surface area contributed by atoms with Gasteiger partial charge in [-0.2, -0.15) is 0 Å². The van der Waals surface area contributed by atoms with Gasteiger partial charge in [-0.25, -0.2) is 4.98 Å². The Hall–Kier alpha value is -2.66. The Morgan fingerprint density at radius 2 is 1.81 bits per heavy atom. The second-order valence-corrected chi connectivity index (χ2v) is 7.43. The average Bonchev–Trinajstić information content (AvgIpc) is 3.35. The molecule has 0 bridgehead atoms. The van der Waals surface area contributed by atoms with Crippen LogP contribution in [0.5, 0.6) is 0 Å². The lowest BCUT2D eigenvalue weighted by Crippen LogP contribution is -2.21. The number of hydrogen-bond acceptors (Lipinski definition) is 4. The molecule has 0 aliphatic carbocycles. The van der Waals surface area contributed by atoms with Crippen LogP contribution in [0.2, 0.25) is 0 Å². The van der Waals surface area contributed by atoms with Crippen molar-refractivity contribution in [2.24, 2.45) is 0 Å². The van der Waals surface area contributed by atoms with Gasteiger partial charge in [0.25, 0.3) is 5.91 Å². The van der Waals surface area contributed by atoms with Gasteiger partial charge in [0.15, 0.2) is 0 Å². The van der Waals surface area contributed by atoms with Gasteiger partial charge in [0.05, 0.1) is 11.4 Å². The lowest BCUT2D eigenvalue weighted by atomic mass is 10.2. The normalized spacial score (nSPS) is 13.8. The Bertz CT molecular complexity index is 911. The summed E-state index contributed by atoms with van der Waals surface area (Å²) in [6.07, 6.45) is 2.41. The minimum atomic E-state index is -0.161. The standard InChI is InChI=1S/C21H21N3OS/c1-15-8-10-16(11-9-15)21-23-18(14-26-21)20(25)22-17-6-2-3-7-19(17)24-12-4-5-13-24/h2-3,6-11,14H,4-5,12-13H2,1H3,(H,22,25). The fourth-order valence-electron chi connectivity index (χ4n) is 3.21. The summed E-state index contributed by atoms with van der Waals surface area (Å²) in [6, 6.07) is 16.2. The fourth-order valence-corrected chi connectivity index (χ4v) is 4.01. The summed E-state index contributed by atoms with van der Waals surface area (Å²) in [5.41, 5.74) is 4.65. The molecule has 5 heteroatoms. The molecule has 1 fully saturated rings. The number of aryl methyl sites for hydroxylation is 1. The zero-order valence-corrected chi connectivity index (χ0v) is 15.6. The highest BCUT2D eigenvalue weighted by molar-refractivity contribution is 7.13. The number of amides is 1. The van der Waals surface area contributed by atoms with Crippen molar-refractivity contribution in [3.05, 3.63) is 65.2 Å². The fraction of sp³-hybridized carbons (Fsp3) is 0.238. The van der Waals surface area contributed by atoms with Gasteiger partial charge in [0.1, 0.15) is 10.7 Å². The molecule has 0 atom stereocenters. The van der Waals surface area contributed by atoms with Crippen molar-refractivity contribution in [2.45, 2.75) is 19.8 Å². The highest BCUT2D eigenvalue weighted by Gasteiger charge is 2.18. The van der Waals surface area contributed by atoms with Crippen LogP contribution in [0, 0.1) is 6.92 Å². The molecule has 1 saturated heterocycles. The first-order chi connectivity index (χ1) is 12.7. The number of rotatable bonds is 4. The number of aromatic nitrogens is 1. The Kier molecular flexibility index (Phi) is 4.71. The lowest BCUT2D eigenvalue weighted by molar-refractivity contribution is 0.102. The SMILES string of the molecule is Cc1ccc(-c2nc(C(=O)Nc3ccccc3N3CCCC3)cs2)cc1. The van der Waals surface area contributed by atoms with Crippen molar-refractivity contribution in [2.75, 3.05) is 23.3 Å². The molecule has 4 rings (SSSR count). The summed E-state index contributed by atoms with van der Waals surface area (Å²) in [4.78, 5) is 19.5. The minimum absolute atomic E-state index is 0.161. The molecule has 1 N–H and O–H groups in total. The van der Waals surface area contributed by atoms with E-state index in [2.05, 4.69) is 40.3 Å². The van der Waals surface area contributed by atoms with Gasteiger partial charge in [0, 0.05) is 24.0 Å². The van der Waals surface area contributed by atoms with E-state index < -0.39 is 0 Å². The molecule has 4 nitrogen and oxygen atoms in total. The van der Waals surface area contributed by atoms with Crippen molar-refractivity contribution in [3.63, 3.8) is 0 Å². The number of carbonyl (C=O) groups is 1. The summed E-state index contributed by atoms with van der Waals surface area (Å²) in [5, 5.41) is 5.73. The van der Waals surface area contributed by atoms with Crippen LogP contribution in [0.1, 0.15) is 28.9 Å². The van der Waals surface area contributed by atoms with Gasteiger partial charge in [0.2, 0.25) is 0 Å². The zero-order valence-electron chi connectivity index (χ0n) is 14.7. The number of para-hydroxylation sites is 2. The first kappa shape index (κ1) is 16.8. The molecule has 1 aliphatic heterocycles. The van der Waals surface area contributed by atoms with Gasteiger partial charge in [-0.15, -0.1) is 11.3 Å². The number of hydrogen-bond donors (Lipinski definition) is 1. The molecule has 1 amide bonds. The van der Waals surface area contributed by atoms with E-state index in [4.69, 9.17) is 0 Å². The van der Waals surface area contributed by atoms with Gasteiger partial charge in [-0.05, 0) is 31.9 Å². The Balaban J connectivity index is 1.53. The summed E-state index contributed by atoms with van der Waals surface area (Å²) in [7, 11) is 0. The molecule has 0 saturated carbocycles. The number of benzene rings is 2. The van der Waals surface area contributed by atoms with Crippen LogP contribution in [0.25, 0.3) is 10.6 Å². The third-order valence-corrected chi connectivity index (χ3v) is 5.53. The summed E-state index contributed by atoms with van der Waals surface area (Å²) >= 11 is 1.49. The molecule has 1 aromatic heterocycles. The number of nitrogens with one attached hydrogen (secondary N) is 1. The topological polar surface area (TPSA) is 45.2 Å². The lowest BCUT2D eigenvalue weighted by Gasteiger charge is -2.21. The highest BCUT2D eigenvalue weighted by atomic mass is 32.1. The maximum Gasteiger partial charge on any atom is 0.275 e. The van der Waals surface area contributed by atoms with E-state index in [1.54, 1.807) is 0 Å². The largest absolute Gasteiger partial charge is 0.370 e. The van der Waals surface area contributed by atoms with Crippen molar-refractivity contribution >= 4 is 28.6 Å². The molecule has 3 aromatic rings. The van der Waals surface area contributed by atoms with E-state index >= 15 is 0 Å². The second kappa shape index (κ2) is 7.30. The van der Waals surface area contributed by atoms with E-state index in [0.717, 1.165) is 35.0 Å². The van der Waals surface area contributed by atoms with E-state index in [1.165, 1.54) is 29.7 Å². The molecule has 26 heavy (non-hydrogen) atoms. The molecule has 0 unspecified atom stereocenters. The smallest absolute Gasteiger partial charge is 0.275 e. The van der Waals surface area contributed by atoms with Crippen molar-refractivity contribution < 1.29 is 4.79 Å². The van der Waals surface area contributed by atoms with Gasteiger partial charge in [-0.3, -0.25) is 4.79 Å². The van der Waals surface area contributed by atoms with Crippen molar-refractivity contribution in [1.29, 1.82) is 0 Å².